The standard InChI is InChI=1S/C32H57N3O4/c1-3-4-5-6-7-8-9-10-11-12-13-14-15-16-17-20-23-34-32(37)39-28-30(2)27-38-31(36)22-19-18-21-25-35-26-24-33-29-35/h24,26,29H,2-23,25,27-28H2,1H3,(H,34,37). The molecule has 0 unspecified atom stereocenters. The molecule has 1 heterocycles. The molecular weight excluding hydrogens is 490 g/mol. The summed E-state index contributed by atoms with van der Waals surface area (Å²) in [4.78, 5) is 27.7. The topological polar surface area (TPSA) is 82.5 Å². The average Bonchev–Trinajstić information content (AvgIpc) is 3.46. The summed E-state index contributed by atoms with van der Waals surface area (Å²) in [5, 5.41) is 2.79. The maximum absolute atomic E-state index is 11.9. The second kappa shape index (κ2) is 25.9. The molecule has 0 aliphatic rings. The monoisotopic (exact) mass is 547 g/mol. The van der Waals surface area contributed by atoms with Crippen molar-refractivity contribution in [1.82, 2.24) is 14.9 Å². The van der Waals surface area contributed by atoms with Crippen molar-refractivity contribution in [2.75, 3.05) is 19.8 Å². The summed E-state index contributed by atoms with van der Waals surface area (Å²) in [7, 11) is 0. The molecule has 7 nitrogen and oxygen atoms in total. The van der Waals surface area contributed by atoms with Crippen LogP contribution in [0.5, 0.6) is 0 Å². The van der Waals surface area contributed by atoms with Gasteiger partial charge in [-0.25, -0.2) is 9.78 Å². The zero-order valence-electron chi connectivity index (χ0n) is 24.9. The Morgan fingerprint density at radius 1 is 0.744 bits per heavy atom. The molecule has 0 saturated heterocycles. The highest BCUT2D eigenvalue weighted by atomic mass is 16.6. The maximum Gasteiger partial charge on any atom is 0.407 e. The minimum atomic E-state index is -0.443. The fourth-order valence-corrected chi connectivity index (χ4v) is 4.54. The Bertz CT molecular complexity index is 721. The van der Waals surface area contributed by atoms with E-state index in [0.717, 1.165) is 38.6 Å². The van der Waals surface area contributed by atoms with Gasteiger partial charge in [0.1, 0.15) is 13.2 Å². The highest BCUT2D eigenvalue weighted by Gasteiger charge is 2.07. The Kier molecular flexibility index (Phi) is 23.1. The molecule has 0 atom stereocenters. The van der Waals surface area contributed by atoms with Gasteiger partial charge in [0.15, 0.2) is 0 Å². The van der Waals surface area contributed by atoms with Gasteiger partial charge in [0, 0.05) is 31.9 Å². The summed E-state index contributed by atoms with van der Waals surface area (Å²) < 4.78 is 12.4. The van der Waals surface area contributed by atoms with Crippen LogP contribution in [0.3, 0.4) is 0 Å². The van der Waals surface area contributed by atoms with Crippen LogP contribution in [0.25, 0.3) is 0 Å². The van der Waals surface area contributed by atoms with Gasteiger partial charge in [0.05, 0.1) is 6.33 Å². The van der Waals surface area contributed by atoms with Crippen molar-refractivity contribution in [2.24, 2.45) is 0 Å². The number of amides is 1. The molecule has 0 spiro atoms. The van der Waals surface area contributed by atoms with E-state index in [1.54, 1.807) is 12.5 Å². The van der Waals surface area contributed by atoms with E-state index in [-0.39, 0.29) is 19.2 Å². The number of carbonyl (C=O) groups excluding carboxylic acids is 2. The SMILES string of the molecule is C=C(COC(=O)CCCCCn1ccnc1)COC(=O)NCCCCCCCCCCCCCCCCCC. The van der Waals surface area contributed by atoms with Crippen LogP contribution in [0, 0.1) is 0 Å². The molecule has 39 heavy (non-hydrogen) atoms. The molecule has 0 saturated carbocycles. The molecule has 1 aromatic rings. The number of nitrogens with zero attached hydrogens (tertiary/aromatic N) is 2. The maximum atomic E-state index is 11.9. The number of aryl methyl sites for hydroxylation is 1. The molecule has 1 rings (SSSR count). The van der Waals surface area contributed by atoms with Gasteiger partial charge in [-0.2, -0.15) is 0 Å². The lowest BCUT2D eigenvalue weighted by Gasteiger charge is -2.10. The third kappa shape index (κ3) is 23.3. The third-order valence-corrected chi connectivity index (χ3v) is 7.00. The predicted molar refractivity (Wildman–Crippen MR) is 160 cm³/mol. The summed E-state index contributed by atoms with van der Waals surface area (Å²) in [6.07, 6.45) is 29.5. The minimum absolute atomic E-state index is 0.0585. The summed E-state index contributed by atoms with van der Waals surface area (Å²) in [6, 6.07) is 0. The number of esters is 1. The number of aromatic nitrogens is 2. The van der Waals surface area contributed by atoms with Gasteiger partial charge < -0.3 is 19.4 Å². The van der Waals surface area contributed by atoms with Crippen molar-refractivity contribution >= 4 is 12.1 Å². The molecule has 1 N–H and O–H groups in total. The Labute approximate surface area is 238 Å². The minimum Gasteiger partial charge on any atom is -0.461 e. The number of unbranched alkanes of at least 4 members (excludes halogenated alkanes) is 17. The van der Waals surface area contributed by atoms with Crippen molar-refractivity contribution in [3.63, 3.8) is 0 Å². The normalized spacial score (nSPS) is 10.9. The van der Waals surface area contributed by atoms with E-state index in [1.165, 1.54) is 89.9 Å². The van der Waals surface area contributed by atoms with Crippen molar-refractivity contribution in [2.45, 2.75) is 142 Å². The first-order valence-electron chi connectivity index (χ1n) is 15.8. The molecule has 224 valence electrons. The van der Waals surface area contributed by atoms with Crippen LogP contribution in [0.2, 0.25) is 0 Å². The average molecular weight is 548 g/mol. The number of imidazole rings is 1. The number of rotatable bonds is 27. The van der Waals surface area contributed by atoms with Gasteiger partial charge in [-0.15, -0.1) is 0 Å². The van der Waals surface area contributed by atoms with Crippen LogP contribution in [-0.2, 0) is 20.8 Å². The van der Waals surface area contributed by atoms with Crippen LogP contribution >= 0.6 is 0 Å². The van der Waals surface area contributed by atoms with Crippen molar-refractivity contribution in [1.29, 1.82) is 0 Å². The number of ether oxygens (including phenoxy) is 2. The summed E-state index contributed by atoms with van der Waals surface area (Å²) in [6.45, 7) is 7.78. The fraction of sp³-hybridized carbons (Fsp3) is 0.781. The molecule has 1 aromatic heterocycles. The van der Waals surface area contributed by atoms with E-state index in [2.05, 4.69) is 23.8 Å². The van der Waals surface area contributed by atoms with Crippen molar-refractivity contribution < 1.29 is 19.1 Å². The quantitative estimate of drug-likeness (QED) is 0.0678. The zero-order chi connectivity index (χ0) is 28.2. The fourth-order valence-electron chi connectivity index (χ4n) is 4.54. The molecule has 0 aliphatic carbocycles. The van der Waals surface area contributed by atoms with E-state index < -0.39 is 6.09 Å². The van der Waals surface area contributed by atoms with Gasteiger partial charge in [0.25, 0.3) is 0 Å². The van der Waals surface area contributed by atoms with Crippen LogP contribution in [0.1, 0.15) is 135 Å². The highest BCUT2D eigenvalue weighted by molar-refractivity contribution is 5.69. The Balaban J connectivity index is 1.80. The van der Waals surface area contributed by atoms with Gasteiger partial charge >= 0.3 is 12.1 Å². The summed E-state index contributed by atoms with van der Waals surface area (Å²) in [5.41, 5.74) is 0.570. The molecule has 1 amide bonds. The van der Waals surface area contributed by atoms with Gasteiger partial charge in [-0.3, -0.25) is 4.79 Å². The number of hydrogen-bond acceptors (Lipinski definition) is 5. The van der Waals surface area contributed by atoms with Gasteiger partial charge in [-0.1, -0.05) is 116 Å². The first-order valence-corrected chi connectivity index (χ1v) is 15.8. The molecule has 0 radical (unpaired) electrons. The largest absolute Gasteiger partial charge is 0.461 e. The van der Waals surface area contributed by atoms with Crippen LogP contribution in [-0.4, -0.2) is 41.4 Å². The highest BCUT2D eigenvalue weighted by Crippen LogP contribution is 2.13. The smallest absolute Gasteiger partial charge is 0.407 e. The van der Waals surface area contributed by atoms with E-state index in [1.807, 2.05) is 10.8 Å². The van der Waals surface area contributed by atoms with Crippen LogP contribution < -0.4 is 5.32 Å². The van der Waals surface area contributed by atoms with E-state index >= 15 is 0 Å². The summed E-state index contributed by atoms with van der Waals surface area (Å²) >= 11 is 0. The molecule has 0 bridgehead atoms. The van der Waals surface area contributed by atoms with Gasteiger partial charge in [-0.05, 0) is 24.8 Å². The van der Waals surface area contributed by atoms with Crippen LogP contribution in [0.4, 0.5) is 4.79 Å². The Morgan fingerprint density at radius 2 is 1.28 bits per heavy atom. The lowest BCUT2D eigenvalue weighted by molar-refractivity contribution is -0.142. The first-order chi connectivity index (χ1) is 19.1. The first kappa shape index (κ1) is 34.7. The molecule has 7 heteroatoms. The Hall–Kier alpha value is -2.31. The molecular formula is C32H57N3O4. The second-order valence-electron chi connectivity index (χ2n) is 10.8. The number of alkyl carbamates (subject to hydrolysis) is 1. The van der Waals surface area contributed by atoms with Crippen molar-refractivity contribution in [3.8, 4) is 0 Å². The predicted octanol–water partition coefficient (Wildman–Crippen LogP) is 8.53. The molecule has 0 fully saturated rings. The molecule has 0 aliphatic heterocycles. The Morgan fingerprint density at radius 3 is 1.85 bits per heavy atom. The van der Waals surface area contributed by atoms with Crippen LogP contribution in [0.15, 0.2) is 30.9 Å². The number of carbonyl (C=O) groups is 2. The van der Waals surface area contributed by atoms with Crippen molar-refractivity contribution in [3.05, 3.63) is 30.9 Å². The van der Waals surface area contributed by atoms with E-state index in [9.17, 15) is 9.59 Å². The van der Waals surface area contributed by atoms with Gasteiger partial charge in [0.2, 0.25) is 0 Å². The lowest BCUT2D eigenvalue weighted by Crippen LogP contribution is -2.26. The number of nitrogens with one attached hydrogen (secondary N) is 1. The van der Waals surface area contributed by atoms with E-state index in [0.29, 0.717) is 18.5 Å². The third-order valence-electron chi connectivity index (χ3n) is 7.00. The zero-order valence-corrected chi connectivity index (χ0v) is 24.9. The molecule has 0 aromatic carbocycles. The second-order valence-corrected chi connectivity index (χ2v) is 10.8. The number of hydrogen-bond donors (Lipinski definition) is 1. The lowest BCUT2D eigenvalue weighted by atomic mass is 10.0. The summed E-state index contributed by atoms with van der Waals surface area (Å²) in [5.74, 6) is -0.244. The van der Waals surface area contributed by atoms with E-state index in [4.69, 9.17) is 9.47 Å².